The van der Waals surface area contributed by atoms with Crippen molar-refractivity contribution in [2.45, 2.75) is 78.2 Å². The van der Waals surface area contributed by atoms with Gasteiger partial charge in [-0.3, -0.25) is 9.59 Å². The van der Waals surface area contributed by atoms with E-state index in [1.807, 2.05) is 78.2 Å². The Morgan fingerprint density at radius 3 is 2.05 bits per heavy atom. The molecule has 1 aliphatic rings. The number of carbonyl (C=O) groups excluding carboxylic acids is 3. The minimum Gasteiger partial charge on any atom is -0.460 e. The van der Waals surface area contributed by atoms with Crippen LogP contribution in [0, 0.1) is 6.92 Å². The van der Waals surface area contributed by atoms with Crippen LogP contribution in [0.2, 0.25) is 0 Å². The third kappa shape index (κ3) is 7.84. The van der Waals surface area contributed by atoms with E-state index in [-0.39, 0.29) is 32.0 Å². The first-order valence-electron chi connectivity index (χ1n) is 14.7. The van der Waals surface area contributed by atoms with E-state index in [0.717, 1.165) is 22.6 Å². The van der Waals surface area contributed by atoms with Gasteiger partial charge in [0.15, 0.2) is 0 Å². The summed E-state index contributed by atoms with van der Waals surface area (Å²) in [7, 11) is 0. The van der Waals surface area contributed by atoms with Crippen LogP contribution in [0.25, 0.3) is 16.9 Å². The Kier molecular flexibility index (Phi) is 9.35. The van der Waals surface area contributed by atoms with Gasteiger partial charge in [0.1, 0.15) is 11.2 Å². The van der Waals surface area contributed by atoms with Crippen molar-refractivity contribution in [2.75, 3.05) is 19.6 Å². The van der Waals surface area contributed by atoms with Gasteiger partial charge in [-0.05, 0) is 72.2 Å². The fraction of sp³-hybridized carbons (Fsp3) is 0.441. The predicted octanol–water partition coefficient (Wildman–Crippen LogP) is 5.61. The molecule has 0 saturated carbocycles. The number of nitrogens with zero attached hydrogens (tertiary/aromatic N) is 3. The summed E-state index contributed by atoms with van der Waals surface area (Å²) in [5.41, 5.74) is 2.39. The van der Waals surface area contributed by atoms with Gasteiger partial charge in [-0.2, -0.15) is 0 Å². The van der Waals surface area contributed by atoms with Crippen LogP contribution >= 0.6 is 0 Å². The lowest BCUT2D eigenvalue weighted by atomic mass is 10.00. The number of benzene rings is 2. The molecule has 0 radical (unpaired) electrons. The topological polar surface area (TPSA) is 101 Å². The zero-order valence-electron chi connectivity index (χ0n) is 26.2. The van der Waals surface area contributed by atoms with Crippen LogP contribution in [0.5, 0.6) is 0 Å². The number of ether oxygens (including phenoxy) is 2. The Labute approximate surface area is 254 Å². The molecular weight excluding hydrogens is 546 g/mol. The molecule has 0 aliphatic carbocycles. The minimum absolute atomic E-state index is 0.00364. The van der Waals surface area contributed by atoms with Gasteiger partial charge in [0.25, 0.3) is 5.91 Å². The van der Waals surface area contributed by atoms with Gasteiger partial charge in [-0.15, -0.1) is 0 Å². The molecule has 43 heavy (non-hydrogen) atoms. The normalized spacial score (nSPS) is 16.5. The fourth-order valence-corrected chi connectivity index (χ4v) is 5.32. The van der Waals surface area contributed by atoms with E-state index in [1.54, 1.807) is 46.4 Å². The van der Waals surface area contributed by atoms with E-state index >= 15 is 0 Å². The number of amides is 2. The molecule has 1 N–H and O–H groups in total. The van der Waals surface area contributed by atoms with Crippen LogP contribution < -0.4 is 0 Å². The maximum atomic E-state index is 14.5. The molecule has 2 atom stereocenters. The number of rotatable bonds is 6. The summed E-state index contributed by atoms with van der Waals surface area (Å²) in [5, 5.41) is 11.4. The summed E-state index contributed by atoms with van der Waals surface area (Å²) < 4.78 is 13.1. The van der Waals surface area contributed by atoms with Crippen molar-refractivity contribution >= 4 is 18.0 Å². The summed E-state index contributed by atoms with van der Waals surface area (Å²) in [6.07, 6.45) is -2.14. The highest BCUT2D eigenvalue weighted by atomic mass is 16.6. The molecule has 0 spiro atoms. The van der Waals surface area contributed by atoms with Crippen molar-refractivity contribution in [3.63, 3.8) is 0 Å². The zero-order valence-corrected chi connectivity index (χ0v) is 26.2. The molecule has 2 heterocycles. The molecule has 4 rings (SSSR count). The van der Waals surface area contributed by atoms with Crippen molar-refractivity contribution in [3.8, 4) is 16.9 Å². The lowest BCUT2D eigenvalue weighted by Crippen LogP contribution is -2.61. The highest BCUT2D eigenvalue weighted by molar-refractivity contribution is 6.01. The average molecular weight is 590 g/mol. The van der Waals surface area contributed by atoms with Gasteiger partial charge in [0.2, 0.25) is 0 Å². The van der Waals surface area contributed by atoms with Crippen molar-refractivity contribution in [1.29, 1.82) is 0 Å². The Bertz CT molecular complexity index is 1440. The molecule has 1 unspecified atom stereocenters. The maximum absolute atomic E-state index is 14.5. The zero-order chi connectivity index (χ0) is 31.5. The first-order valence-corrected chi connectivity index (χ1v) is 14.7. The first-order chi connectivity index (χ1) is 20.1. The summed E-state index contributed by atoms with van der Waals surface area (Å²) in [5.74, 6) is -0.883. The van der Waals surface area contributed by atoms with E-state index in [0.29, 0.717) is 5.56 Å². The first kappa shape index (κ1) is 31.8. The minimum atomic E-state index is -1.28. The van der Waals surface area contributed by atoms with E-state index < -0.39 is 35.4 Å². The molecule has 1 aliphatic heterocycles. The number of piperazine rings is 1. The average Bonchev–Trinajstić information content (AvgIpc) is 3.28. The second-order valence-electron chi connectivity index (χ2n) is 12.9. The second kappa shape index (κ2) is 12.6. The number of hydrogen-bond acceptors (Lipinski definition) is 6. The van der Waals surface area contributed by atoms with Crippen LogP contribution in [0.1, 0.15) is 64.0 Å². The van der Waals surface area contributed by atoms with Gasteiger partial charge in [-0.25, -0.2) is 4.79 Å². The Balaban J connectivity index is 1.74. The molecular formula is C34H43N3O6. The molecule has 0 bridgehead atoms. The molecule has 1 aromatic heterocycles. The Morgan fingerprint density at radius 1 is 0.884 bits per heavy atom. The highest BCUT2D eigenvalue weighted by Crippen LogP contribution is 2.33. The van der Waals surface area contributed by atoms with E-state index in [1.165, 1.54) is 4.90 Å². The predicted molar refractivity (Wildman–Crippen MR) is 165 cm³/mol. The number of aryl methyl sites for hydroxylation is 1. The Hall–Kier alpha value is -4.11. The van der Waals surface area contributed by atoms with Crippen LogP contribution in [-0.2, 0) is 14.3 Å². The van der Waals surface area contributed by atoms with E-state index in [4.69, 9.17) is 9.47 Å². The molecule has 1 saturated heterocycles. The molecule has 9 heteroatoms. The van der Waals surface area contributed by atoms with Crippen molar-refractivity contribution < 1.29 is 29.0 Å². The summed E-state index contributed by atoms with van der Waals surface area (Å²) >= 11 is 0. The van der Waals surface area contributed by atoms with E-state index in [2.05, 4.69) is 0 Å². The SMILES string of the molecule is Cc1cc(C(=O)N2CCN(C(=O)OC(C)(C)C)CC2[C@H](O)CC(=O)OC(C)(C)C)c(-c2ccccc2)n1-c1ccccc1. The van der Waals surface area contributed by atoms with Gasteiger partial charge >= 0.3 is 12.1 Å². The molecule has 3 aromatic rings. The van der Waals surface area contributed by atoms with Crippen LogP contribution in [0.3, 0.4) is 0 Å². The molecule has 2 amide bonds. The van der Waals surface area contributed by atoms with Crippen LogP contribution in [0.4, 0.5) is 4.79 Å². The molecule has 230 valence electrons. The van der Waals surface area contributed by atoms with Crippen molar-refractivity contribution in [1.82, 2.24) is 14.4 Å². The lowest BCUT2D eigenvalue weighted by molar-refractivity contribution is -0.158. The Morgan fingerprint density at radius 2 is 1.47 bits per heavy atom. The van der Waals surface area contributed by atoms with Crippen molar-refractivity contribution in [2.24, 2.45) is 0 Å². The maximum Gasteiger partial charge on any atom is 0.410 e. The van der Waals surface area contributed by atoms with Gasteiger partial charge in [0.05, 0.1) is 29.8 Å². The number of aromatic nitrogens is 1. The standard InChI is InChI=1S/C34H43N3O6/c1-23-20-26(30(24-14-10-8-11-15-24)37(23)25-16-12-9-13-17-25)31(40)36-19-18-35(32(41)43-34(5,6)7)22-27(36)28(38)21-29(39)42-33(2,3)4/h8-17,20,27-28,38H,18-19,21-22H2,1-7H3/t27?,28-/m1/s1. The third-order valence-electron chi connectivity index (χ3n) is 7.05. The van der Waals surface area contributed by atoms with Crippen LogP contribution in [-0.4, -0.2) is 80.4 Å². The largest absolute Gasteiger partial charge is 0.460 e. The fourth-order valence-electron chi connectivity index (χ4n) is 5.32. The molecule has 9 nitrogen and oxygen atoms in total. The quantitative estimate of drug-likeness (QED) is 0.375. The number of para-hydroxylation sites is 1. The third-order valence-corrected chi connectivity index (χ3v) is 7.05. The van der Waals surface area contributed by atoms with Gasteiger partial charge in [-0.1, -0.05) is 48.5 Å². The molecule has 1 fully saturated rings. The summed E-state index contributed by atoms with van der Waals surface area (Å²) in [6, 6.07) is 20.5. The smallest absolute Gasteiger partial charge is 0.410 e. The van der Waals surface area contributed by atoms with Gasteiger partial charge < -0.3 is 28.9 Å². The number of aliphatic hydroxyl groups is 1. The lowest BCUT2D eigenvalue weighted by Gasteiger charge is -2.43. The van der Waals surface area contributed by atoms with Crippen LogP contribution in [0.15, 0.2) is 66.7 Å². The number of hydrogen-bond donors (Lipinski definition) is 1. The van der Waals surface area contributed by atoms with Gasteiger partial charge in [0, 0.05) is 31.0 Å². The number of aliphatic hydroxyl groups excluding tert-OH is 1. The van der Waals surface area contributed by atoms with E-state index in [9.17, 15) is 19.5 Å². The summed E-state index contributed by atoms with van der Waals surface area (Å²) in [4.78, 5) is 43.3. The van der Waals surface area contributed by atoms with Crippen molar-refractivity contribution in [3.05, 3.63) is 78.0 Å². The summed E-state index contributed by atoms with van der Waals surface area (Å²) in [6.45, 7) is 12.9. The number of carbonyl (C=O) groups is 3. The molecule has 2 aromatic carbocycles. The monoisotopic (exact) mass is 589 g/mol. The number of esters is 1. The second-order valence-corrected chi connectivity index (χ2v) is 12.9. The highest BCUT2D eigenvalue weighted by Gasteiger charge is 2.40.